The number of imidazole rings is 2. The summed E-state index contributed by atoms with van der Waals surface area (Å²) in [7, 11) is 1.37. The lowest BCUT2D eigenvalue weighted by Gasteiger charge is -2.24. The van der Waals surface area contributed by atoms with Crippen molar-refractivity contribution in [3.05, 3.63) is 29.3 Å². The third-order valence-corrected chi connectivity index (χ3v) is 8.63. The molecule has 8 N–H and O–H groups in total. The molecule has 4 aromatic heterocycles. The van der Waals surface area contributed by atoms with E-state index in [2.05, 4.69) is 29.9 Å². The lowest BCUT2D eigenvalue weighted by molar-refractivity contribution is -0.0596. The second-order valence-corrected chi connectivity index (χ2v) is 12.4. The van der Waals surface area contributed by atoms with Gasteiger partial charge in [-0.2, -0.15) is 4.98 Å². The van der Waals surface area contributed by atoms with Crippen LogP contribution >= 0.6 is 6.72 Å². The Balaban J connectivity index is 1.13. The van der Waals surface area contributed by atoms with Crippen LogP contribution in [0, 0.1) is 0 Å². The van der Waals surface area contributed by atoms with Gasteiger partial charge in [0.05, 0.1) is 32.0 Å². The molecule has 4 aromatic rings. The first-order valence-corrected chi connectivity index (χ1v) is 15.1. The van der Waals surface area contributed by atoms with Crippen LogP contribution < -0.4 is 17.0 Å². The van der Waals surface area contributed by atoms with E-state index >= 15 is 0 Å². The van der Waals surface area contributed by atoms with Crippen molar-refractivity contribution in [2.45, 2.75) is 49.4 Å². The van der Waals surface area contributed by atoms with Gasteiger partial charge in [-0.3, -0.25) is 18.9 Å². The molecule has 0 amide bonds. The van der Waals surface area contributed by atoms with Crippen LogP contribution in [0.2, 0.25) is 0 Å². The van der Waals surface area contributed by atoms with Crippen molar-refractivity contribution >= 4 is 52.6 Å². The second-order valence-electron chi connectivity index (χ2n) is 9.57. The Morgan fingerprint density at radius 2 is 1.90 bits per heavy atom. The van der Waals surface area contributed by atoms with E-state index in [4.69, 9.17) is 46.5 Å². The number of nitrogens with zero attached hydrogens (tertiary/aromatic N) is 7. The van der Waals surface area contributed by atoms with Gasteiger partial charge < -0.3 is 49.8 Å². The van der Waals surface area contributed by atoms with Crippen LogP contribution in [-0.4, -0.2) is 105 Å². The van der Waals surface area contributed by atoms with Crippen molar-refractivity contribution < 1.29 is 38.4 Å². The summed E-state index contributed by atoms with van der Waals surface area (Å²) in [5, 5.41) is 20.8. The maximum atomic E-state index is 12.2. The molecule has 2 saturated heterocycles. The Morgan fingerprint density at radius 1 is 1.14 bits per heavy atom. The lowest BCUT2D eigenvalue weighted by Crippen LogP contribution is -2.35. The molecule has 1 unspecified atom stereocenters. The molecule has 0 radical (unpaired) electrons. The molecule has 6 rings (SSSR count). The third-order valence-electron chi connectivity index (χ3n) is 7.04. The predicted molar refractivity (Wildman–Crippen MR) is 146 cm³/mol. The van der Waals surface area contributed by atoms with E-state index in [1.807, 2.05) is 0 Å². The van der Waals surface area contributed by atoms with Crippen LogP contribution in [0.25, 0.3) is 22.3 Å². The Labute approximate surface area is 240 Å². The maximum absolute atomic E-state index is 12.2. The second kappa shape index (κ2) is 11.2. The largest absolute Gasteiger partial charge is 0.394 e. The third kappa shape index (κ3) is 5.15. The molecular weight excluding hydrogens is 599 g/mol. The number of fused-ring (bicyclic) bond motifs is 2. The number of aromatic amines is 1. The van der Waals surface area contributed by atoms with Gasteiger partial charge in [0.25, 0.3) is 5.56 Å². The highest BCUT2D eigenvalue weighted by molar-refractivity contribution is 8.07. The van der Waals surface area contributed by atoms with E-state index in [-0.39, 0.29) is 36.0 Å². The molecule has 0 saturated carbocycles. The number of ether oxygens (including phenoxy) is 3. The fourth-order valence-electron chi connectivity index (χ4n) is 5.06. The number of aromatic nitrogens is 8. The molecule has 19 nitrogen and oxygen atoms in total. The molecule has 6 heterocycles. The summed E-state index contributed by atoms with van der Waals surface area (Å²) in [5.74, 6) is 0.0739. The molecule has 0 spiro atoms. The van der Waals surface area contributed by atoms with Crippen molar-refractivity contribution in [3.8, 4) is 0 Å². The minimum Gasteiger partial charge on any atom is -0.394 e. The first-order valence-electron chi connectivity index (χ1n) is 12.5. The average molecular weight is 627 g/mol. The van der Waals surface area contributed by atoms with E-state index in [1.165, 1.54) is 30.7 Å². The van der Waals surface area contributed by atoms with E-state index < -0.39 is 61.9 Å². The normalized spacial score (nSPS) is 29.5. The van der Waals surface area contributed by atoms with Gasteiger partial charge in [-0.1, -0.05) is 0 Å². The van der Waals surface area contributed by atoms with Crippen molar-refractivity contribution in [2.75, 3.05) is 31.8 Å². The Kier molecular flexibility index (Phi) is 7.68. The Morgan fingerprint density at radius 3 is 2.67 bits per heavy atom. The summed E-state index contributed by atoms with van der Waals surface area (Å²) in [5.41, 5.74) is 12.0. The fourth-order valence-corrected chi connectivity index (χ4v) is 6.53. The highest BCUT2D eigenvalue weighted by Gasteiger charge is 2.47. The van der Waals surface area contributed by atoms with Gasteiger partial charge in [-0.05, 0) is 11.8 Å². The van der Waals surface area contributed by atoms with E-state index in [0.29, 0.717) is 11.2 Å². The summed E-state index contributed by atoms with van der Waals surface area (Å²) in [4.78, 5) is 45.9. The number of hydrogen-bond acceptors (Lipinski definition) is 16. The van der Waals surface area contributed by atoms with Crippen LogP contribution in [0.5, 0.6) is 0 Å². The Bertz CT molecular complexity index is 1720. The number of methoxy groups -OCH3 is 1. The van der Waals surface area contributed by atoms with Gasteiger partial charge in [0, 0.05) is 13.5 Å². The maximum Gasteiger partial charge on any atom is 0.324 e. The first-order chi connectivity index (χ1) is 20.1. The summed E-state index contributed by atoms with van der Waals surface area (Å²) in [6.45, 7) is -4.75. The highest BCUT2D eigenvalue weighted by atomic mass is 32.5. The molecule has 2 fully saturated rings. The van der Waals surface area contributed by atoms with Crippen LogP contribution in [0.15, 0.2) is 23.8 Å². The van der Waals surface area contributed by atoms with Gasteiger partial charge in [0.1, 0.15) is 42.5 Å². The molecule has 2 aliphatic heterocycles. The minimum absolute atomic E-state index is 0.0197. The van der Waals surface area contributed by atoms with Crippen LogP contribution in [0.3, 0.4) is 0 Å². The number of aliphatic hydroxyl groups is 2. The van der Waals surface area contributed by atoms with E-state index in [1.54, 1.807) is 4.57 Å². The van der Waals surface area contributed by atoms with Crippen LogP contribution in [-0.2, 0) is 35.1 Å². The van der Waals surface area contributed by atoms with Gasteiger partial charge in [-0.25, -0.2) is 19.9 Å². The highest BCUT2D eigenvalue weighted by Crippen LogP contribution is 2.49. The smallest absolute Gasteiger partial charge is 0.324 e. The zero-order valence-corrected chi connectivity index (χ0v) is 23.5. The number of nitrogens with two attached hydrogens (primary N) is 2. The van der Waals surface area contributed by atoms with Gasteiger partial charge >= 0.3 is 6.72 Å². The number of H-pyrrole nitrogens is 1. The molecular formula is C21H27N10O9PS. The average Bonchev–Trinajstić information content (AvgIpc) is 3.71. The molecule has 0 aromatic carbocycles. The van der Waals surface area contributed by atoms with Gasteiger partial charge in [0.2, 0.25) is 5.95 Å². The molecule has 2 aliphatic rings. The molecule has 21 heteroatoms. The van der Waals surface area contributed by atoms with Crippen molar-refractivity contribution in [1.29, 1.82) is 0 Å². The molecule has 8 atom stereocenters. The van der Waals surface area contributed by atoms with Gasteiger partial charge in [-0.15, -0.1) is 0 Å². The zero-order chi connectivity index (χ0) is 29.8. The summed E-state index contributed by atoms with van der Waals surface area (Å²) < 4.78 is 31.6. The fraction of sp³-hybridized carbons (Fsp3) is 0.524. The lowest BCUT2D eigenvalue weighted by atomic mass is 10.1. The van der Waals surface area contributed by atoms with Crippen LogP contribution in [0.1, 0.15) is 18.9 Å². The number of hydrogen-bond donors (Lipinski definition) is 6. The van der Waals surface area contributed by atoms with Gasteiger partial charge in [0.15, 0.2) is 28.9 Å². The number of nitrogen functional groups attached to an aromatic ring is 2. The Hall–Kier alpha value is -3.17. The van der Waals surface area contributed by atoms with Crippen LogP contribution in [0.4, 0.5) is 11.8 Å². The topological polar surface area (TPSA) is 266 Å². The molecule has 0 bridgehead atoms. The van der Waals surface area contributed by atoms with E-state index in [9.17, 15) is 19.9 Å². The van der Waals surface area contributed by atoms with E-state index in [0.717, 1.165) is 0 Å². The van der Waals surface area contributed by atoms with Crippen molar-refractivity contribution in [2.24, 2.45) is 0 Å². The summed E-state index contributed by atoms with van der Waals surface area (Å²) in [6.07, 6.45) is -2.27. The van der Waals surface area contributed by atoms with Crippen molar-refractivity contribution in [3.63, 3.8) is 0 Å². The standard InChI is InChI=1S/C21H27N10O9PS/c1-36-15-14(33)10(39-20(15)31-7-27-13-18(31)28-21(23)29-19(13)34)4-37-41(35,42)40-8-2-11(38-9(8)3-32)30-6-26-12-16(22)24-5-25-17(12)30/h5-11,14-15,20,32-33H,2-4H2,1H3,(H,35,42)(H2,22,24,25)(H3,23,28,29,34)/t8-,9+,10+,11+,14+,15+,20+,41?/m0/s1. The number of anilines is 2. The number of nitrogens with one attached hydrogen (secondary N) is 1. The predicted octanol–water partition coefficient (Wildman–Crippen LogP) is -1.70. The molecule has 42 heavy (non-hydrogen) atoms. The summed E-state index contributed by atoms with van der Waals surface area (Å²) >= 11 is 5.23. The number of aliphatic hydroxyl groups excluding tert-OH is 2. The summed E-state index contributed by atoms with van der Waals surface area (Å²) in [6, 6.07) is 0. The monoisotopic (exact) mass is 626 g/mol. The number of rotatable bonds is 9. The molecule has 0 aliphatic carbocycles. The first kappa shape index (κ1) is 28.9. The SMILES string of the molecule is CO[C@@H]1[C@H](O)[C@@H](COP(O)(=S)O[C@H]2C[C@H](n3cnc4c(N)ncnc43)O[C@@H]2CO)O[C@H]1n1cnc2c(=O)[nH]c(N)nc21. The zero-order valence-electron chi connectivity index (χ0n) is 21.8. The molecule has 226 valence electrons. The van der Waals surface area contributed by atoms with Crippen molar-refractivity contribution in [1.82, 2.24) is 39.0 Å². The quantitative estimate of drug-likeness (QED) is 0.113. The minimum atomic E-state index is -3.94.